The summed E-state index contributed by atoms with van der Waals surface area (Å²) in [4.78, 5) is -0.0890. The summed E-state index contributed by atoms with van der Waals surface area (Å²) in [5, 5.41) is 0. The molecule has 0 saturated heterocycles. The van der Waals surface area contributed by atoms with Crippen molar-refractivity contribution < 1.29 is 49.4 Å². The quantitative estimate of drug-likeness (QED) is 0.557. The minimum absolute atomic E-state index is 0. The molecule has 0 bridgehead atoms. The van der Waals surface area contributed by atoms with Crippen molar-refractivity contribution in [1.82, 2.24) is 0 Å². The summed E-state index contributed by atoms with van der Waals surface area (Å²) in [7, 11) is -4.13. The minimum Gasteiger partial charge on any atom is -1.00 e. The van der Waals surface area contributed by atoms with Crippen LogP contribution < -0.4 is 29.6 Å². The van der Waals surface area contributed by atoms with Gasteiger partial charge in [-0.25, -0.2) is 0 Å². The van der Waals surface area contributed by atoms with E-state index in [0.29, 0.717) is 0 Å². The van der Waals surface area contributed by atoms with Crippen LogP contribution in [0.5, 0.6) is 0 Å². The first-order valence-corrected chi connectivity index (χ1v) is 6.14. The van der Waals surface area contributed by atoms with E-state index in [-0.39, 0.29) is 41.4 Å². The average molecular weight is 276 g/mol. The van der Waals surface area contributed by atoms with Crippen molar-refractivity contribution in [2.45, 2.75) is 4.90 Å². The molecule has 0 spiro atoms. The number of hydrogen-bond acceptors (Lipinski definition) is 2. The molecular formula is C12H13NaO4S. The van der Waals surface area contributed by atoms with Gasteiger partial charge in [0.05, 0.1) is 4.90 Å². The standard InChI is InChI=1S/C12H10O3S.Na.H2O.H/c13-16(14,15)12-8-4-7-11(9-12)10-5-2-1-3-6-10;;;/h1-9H,(H,13,14,15);;1H2;/q;+1;;-1. The molecule has 2 aromatic rings. The topological polar surface area (TPSA) is 85.9 Å². The molecule has 0 aliphatic heterocycles. The van der Waals surface area contributed by atoms with Gasteiger partial charge in [0.15, 0.2) is 0 Å². The third-order valence-corrected chi connectivity index (χ3v) is 3.09. The molecule has 18 heavy (non-hydrogen) atoms. The molecule has 0 aliphatic rings. The fourth-order valence-corrected chi connectivity index (χ4v) is 1.99. The molecule has 0 fully saturated rings. The molecule has 0 heterocycles. The first-order valence-electron chi connectivity index (χ1n) is 4.70. The molecule has 0 atom stereocenters. The third kappa shape index (κ3) is 4.20. The number of rotatable bonds is 2. The molecule has 0 amide bonds. The molecule has 0 unspecified atom stereocenters. The van der Waals surface area contributed by atoms with Gasteiger partial charge < -0.3 is 6.90 Å². The largest absolute Gasteiger partial charge is 1.00 e. The van der Waals surface area contributed by atoms with Crippen molar-refractivity contribution in [1.29, 1.82) is 0 Å². The third-order valence-electron chi connectivity index (χ3n) is 2.24. The van der Waals surface area contributed by atoms with Crippen LogP contribution in [0.1, 0.15) is 1.43 Å². The van der Waals surface area contributed by atoms with Gasteiger partial charge in [-0.3, -0.25) is 4.55 Å². The van der Waals surface area contributed by atoms with Crippen molar-refractivity contribution in [2.24, 2.45) is 0 Å². The van der Waals surface area contributed by atoms with Gasteiger partial charge in [-0.1, -0.05) is 42.5 Å². The Bertz CT molecular complexity index is 602. The van der Waals surface area contributed by atoms with Gasteiger partial charge in [-0.2, -0.15) is 8.42 Å². The maximum absolute atomic E-state index is 11.0. The molecule has 0 saturated carbocycles. The zero-order valence-corrected chi connectivity index (χ0v) is 12.7. The van der Waals surface area contributed by atoms with Crippen LogP contribution >= 0.6 is 0 Å². The van der Waals surface area contributed by atoms with E-state index in [2.05, 4.69) is 0 Å². The number of hydrogen-bond donors (Lipinski definition) is 1. The minimum atomic E-state index is -4.13. The first-order chi connectivity index (χ1) is 7.57. The molecule has 3 N–H and O–H groups in total. The summed E-state index contributed by atoms with van der Waals surface area (Å²) in [5.74, 6) is 0. The van der Waals surface area contributed by atoms with E-state index in [1.54, 1.807) is 12.1 Å². The van der Waals surface area contributed by atoms with E-state index in [4.69, 9.17) is 4.55 Å². The Labute approximate surface area is 129 Å². The van der Waals surface area contributed by atoms with Gasteiger partial charge in [0.25, 0.3) is 10.1 Å². The van der Waals surface area contributed by atoms with Crippen LogP contribution in [0.15, 0.2) is 59.5 Å². The SMILES string of the molecule is O.O=S(=O)(O)c1cccc(-c2ccccc2)c1.[H-].[Na+]. The molecule has 6 heteroatoms. The van der Waals surface area contributed by atoms with Crippen molar-refractivity contribution in [3.05, 3.63) is 54.6 Å². The van der Waals surface area contributed by atoms with Crippen LogP contribution in [-0.4, -0.2) is 18.4 Å². The van der Waals surface area contributed by atoms with Crippen molar-refractivity contribution in [2.75, 3.05) is 0 Å². The van der Waals surface area contributed by atoms with Gasteiger partial charge in [0, 0.05) is 0 Å². The smallest absolute Gasteiger partial charge is 1.00 e. The molecule has 2 rings (SSSR count). The van der Waals surface area contributed by atoms with Crippen LogP contribution in [-0.2, 0) is 10.1 Å². The Morgan fingerprint density at radius 1 is 0.889 bits per heavy atom. The van der Waals surface area contributed by atoms with Gasteiger partial charge in [0.2, 0.25) is 0 Å². The Morgan fingerprint density at radius 3 is 2.00 bits per heavy atom. The van der Waals surface area contributed by atoms with Crippen LogP contribution in [0.3, 0.4) is 0 Å². The average Bonchev–Trinajstić information content (AvgIpc) is 2.29. The Morgan fingerprint density at radius 2 is 1.44 bits per heavy atom. The fourth-order valence-electron chi connectivity index (χ4n) is 1.47. The molecular weight excluding hydrogens is 263 g/mol. The van der Waals surface area contributed by atoms with Gasteiger partial charge >= 0.3 is 29.6 Å². The van der Waals surface area contributed by atoms with Gasteiger partial charge in [-0.15, -0.1) is 0 Å². The predicted molar refractivity (Wildman–Crippen MR) is 66.4 cm³/mol. The van der Waals surface area contributed by atoms with Crippen molar-refractivity contribution in [3.8, 4) is 11.1 Å². The van der Waals surface area contributed by atoms with Crippen molar-refractivity contribution >= 4 is 10.1 Å². The second kappa shape index (κ2) is 7.04. The Balaban J connectivity index is 0. The summed E-state index contributed by atoms with van der Waals surface area (Å²) in [6, 6.07) is 15.6. The summed E-state index contributed by atoms with van der Waals surface area (Å²) in [5.41, 5.74) is 1.67. The monoisotopic (exact) mass is 276 g/mol. The summed E-state index contributed by atoms with van der Waals surface area (Å²) < 4.78 is 30.9. The number of benzene rings is 2. The molecule has 92 valence electrons. The zero-order chi connectivity index (χ0) is 11.6. The van der Waals surface area contributed by atoms with Crippen LogP contribution in [0, 0.1) is 0 Å². The first kappa shape index (κ1) is 17.3. The molecule has 2 aromatic carbocycles. The second-order valence-electron chi connectivity index (χ2n) is 3.37. The molecule has 4 nitrogen and oxygen atoms in total. The van der Waals surface area contributed by atoms with Crippen LogP contribution in [0.25, 0.3) is 11.1 Å². The normalized spacial score (nSPS) is 10.1. The predicted octanol–water partition coefficient (Wildman–Crippen LogP) is -1.11. The van der Waals surface area contributed by atoms with Crippen LogP contribution in [0.4, 0.5) is 0 Å². The van der Waals surface area contributed by atoms with E-state index >= 15 is 0 Å². The summed E-state index contributed by atoms with van der Waals surface area (Å²) in [6.45, 7) is 0. The molecule has 0 aromatic heterocycles. The van der Waals surface area contributed by atoms with E-state index in [9.17, 15) is 8.42 Å². The van der Waals surface area contributed by atoms with Crippen LogP contribution in [0.2, 0.25) is 0 Å². The van der Waals surface area contributed by atoms with E-state index in [0.717, 1.165) is 11.1 Å². The fraction of sp³-hybridized carbons (Fsp3) is 0. The van der Waals surface area contributed by atoms with E-state index < -0.39 is 10.1 Å². The maximum Gasteiger partial charge on any atom is 1.00 e. The molecule has 0 radical (unpaired) electrons. The van der Waals surface area contributed by atoms with E-state index in [1.165, 1.54) is 12.1 Å². The molecule has 0 aliphatic carbocycles. The Hall–Kier alpha value is -0.690. The zero-order valence-electron chi connectivity index (χ0n) is 10.9. The van der Waals surface area contributed by atoms with E-state index in [1.807, 2.05) is 30.3 Å². The Kier molecular flexibility index (Phi) is 6.77. The summed E-state index contributed by atoms with van der Waals surface area (Å²) in [6.07, 6.45) is 0. The van der Waals surface area contributed by atoms with Gasteiger partial charge in [0.1, 0.15) is 0 Å². The maximum atomic E-state index is 11.0. The van der Waals surface area contributed by atoms with Gasteiger partial charge in [-0.05, 0) is 23.3 Å². The summed E-state index contributed by atoms with van der Waals surface area (Å²) >= 11 is 0. The van der Waals surface area contributed by atoms with Crippen molar-refractivity contribution in [3.63, 3.8) is 0 Å². The second-order valence-corrected chi connectivity index (χ2v) is 4.79.